The van der Waals surface area contributed by atoms with Gasteiger partial charge >= 0.3 is 0 Å². The zero-order valence-electron chi connectivity index (χ0n) is 26.3. The molecule has 0 fully saturated rings. The van der Waals surface area contributed by atoms with Gasteiger partial charge in [-0.15, -0.1) is 0 Å². The fourth-order valence-corrected chi connectivity index (χ4v) is 6.96. The molecule has 0 N–H and O–H groups in total. The van der Waals surface area contributed by atoms with E-state index in [1.165, 1.54) is 33.0 Å². The number of furan rings is 1. The first kappa shape index (κ1) is 27.9. The van der Waals surface area contributed by atoms with Gasteiger partial charge in [0.1, 0.15) is 11.2 Å². The van der Waals surface area contributed by atoms with Crippen molar-refractivity contribution in [2.75, 3.05) is 4.90 Å². The lowest BCUT2D eigenvalue weighted by atomic mass is 9.97. The Kier molecular flexibility index (Phi) is 6.84. The van der Waals surface area contributed by atoms with Gasteiger partial charge in [0, 0.05) is 27.7 Å². The van der Waals surface area contributed by atoms with Gasteiger partial charge in [0.15, 0.2) is 0 Å². The van der Waals surface area contributed by atoms with E-state index in [0.29, 0.717) is 0 Å². The van der Waals surface area contributed by atoms with Crippen LogP contribution in [-0.2, 0) is 0 Å². The zero-order chi connectivity index (χ0) is 31.9. The molecule has 0 atom stereocenters. The third-order valence-corrected chi connectivity index (χ3v) is 9.26. The molecule has 0 saturated carbocycles. The van der Waals surface area contributed by atoms with Crippen LogP contribution < -0.4 is 4.90 Å². The van der Waals surface area contributed by atoms with E-state index < -0.39 is 0 Å². The number of anilines is 3. The molecule has 48 heavy (non-hydrogen) atoms. The van der Waals surface area contributed by atoms with Gasteiger partial charge in [0.25, 0.3) is 0 Å². The van der Waals surface area contributed by atoms with Crippen molar-refractivity contribution in [1.29, 1.82) is 0 Å². The first-order chi connectivity index (χ1) is 23.8. The first-order valence-corrected chi connectivity index (χ1v) is 16.3. The highest BCUT2D eigenvalue weighted by Crippen LogP contribution is 2.43. The van der Waals surface area contributed by atoms with Gasteiger partial charge in [-0.25, -0.2) is 0 Å². The number of rotatable bonds is 6. The molecule has 0 aliphatic rings. The van der Waals surface area contributed by atoms with Crippen LogP contribution in [0.25, 0.3) is 66.1 Å². The molecule has 0 aliphatic carbocycles. The van der Waals surface area contributed by atoms with E-state index in [-0.39, 0.29) is 0 Å². The van der Waals surface area contributed by atoms with Crippen molar-refractivity contribution in [3.8, 4) is 33.4 Å². The molecular formula is C46H31NO. The summed E-state index contributed by atoms with van der Waals surface area (Å²) in [5.41, 5.74) is 12.1. The summed E-state index contributed by atoms with van der Waals surface area (Å²) in [4.78, 5) is 2.38. The molecule has 0 amide bonds. The van der Waals surface area contributed by atoms with Crippen LogP contribution in [0.2, 0.25) is 0 Å². The summed E-state index contributed by atoms with van der Waals surface area (Å²) in [7, 11) is 0. The maximum Gasteiger partial charge on any atom is 0.136 e. The fraction of sp³-hybridized carbons (Fsp3) is 0. The van der Waals surface area contributed by atoms with Gasteiger partial charge in [-0.3, -0.25) is 0 Å². The first-order valence-electron chi connectivity index (χ1n) is 16.3. The van der Waals surface area contributed by atoms with Crippen LogP contribution in [0.15, 0.2) is 192 Å². The van der Waals surface area contributed by atoms with E-state index in [4.69, 9.17) is 4.42 Å². The van der Waals surface area contributed by atoms with Gasteiger partial charge in [0.05, 0.1) is 5.69 Å². The van der Waals surface area contributed by atoms with E-state index >= 15 is 0 Å². The lowest BCUT2D eigenvalue weighted by molar-refractivity contribution is 0.669. The highest BCUT2D eigenvalue weighted by atomic mass is 16.3. The van der Waals surface area contributed by atoms with Crippen LogP contribution in [0.5, 0.6) is 0 Å². The number of benzene rings is 8. The summed E-state index contributed by atoms with van der Waals surface area (Å²) in [5.74, 6) is 0. The minimum Gasteiger partial charge on any atom is -0.456 e. The van der Waals surface area contributed by atoms with E-state index in [1.54, 1.807) is 0 Å². The topological polar surface area (TPSA) is 16.4 Å². The van der Waals surface area contributed by atoms with Crippen molar-refractivity contribution < 1.29 is 4.42 Å². The maximum absolute atomic E-state index is 6.26. The lowest BCUT2D eigenvalue weighted by Gasteiger charge is -2.28. The van der Waals surface area contributed by atoms with Crippen LogP contribution in [0.1, 0.15) is 0 Å². The molecule has 0 spiro atoms. The Morgan fingerprint density at radius 1 is 0.354 bits per heavy atom. The Labute approximate surface area is 279 Å². The summed E-state index contributed by atoms with van der Waals surface area (Å²) in [6, 6.07) is 67.0. The molecule has 0 aliphatic heterocycles. The number of nitrogens with zero attached hydrogens (tertiary/aromatic N) is 1. The molecule has 2 nitrogen and oxygen atoms in total. The Balaban J connectivity index is 1.21. The smallest absolute Gasteiger partial charge is 0.136 e. The largest absolute Gasteiger partial charge is 0.456 e. The van der Waals surface area contributed by atoms with Crippen LogP contribution in [-0.4, -0.2) is 0 Å². The summed E-state index contributed by atoms with van der Waals surface area (Å²) in [6.07, 6.45) is 0. The minimum atomic E-state index is 0.898. The van der Waals surface area contributed by atoms with E-state index in [2.05, 4.69) is 181 Å². The Bertz CT molecular complexity index is 2560. The monoisotopic (exact) mass is 613 g/mol. The minimum absolute atomic E-state index is 0.898. The number of para-hydroxylation sites is 2. The predicted octanol–water partition coefficient (Wildman–Crippen LogP) is 13.2. The highest BCUT2D eigenvalue weighted by molar-refractivity contribution is 6.12. The van der Waals surface area contributed by atoms with Crippen molar-refractivity contribution in [2.24, 2.45) is 0 Å². The molecule has 0 bridgehead atoms. The molecule has 1 heterocycles. The molecule has 9 aromatic rings. The van der Waals surface area contributed by atoms with Crippen molar-refractivity contribution in [3.05, 3.63) is 188 Å². The summed E-state index contributed by atoms with van der Waals surface area (Å²) >= 11 is 0. The fourth-order valence-electron chi connectivity index (χ4n) is 6.96. The third-order valence-electron chi connectivity index (χ3n) is 9.26. The van der Waals surface area contributed by atoms with Crippen molar-refractivity contribution >= 4 is 49.8 Å². The Hall–Kier alpha value is -6.38. The van der Waals surface area contributed by atoms with E-state index in [0.717, 1.165) is 50.1 Å². The van der Waals surface area contributed by atoms with Gasteiger partial charge < -0.3 is 9.32 Å². The number of fused-ring (bicyclic) bond motifs is 4. The van der Waals surface area contributed by atoms with Crippen molar-refractivity contribution in [2.45, 2.75) is 0 Å². The van der Waals surface area contributed by atoms with Crippen LogP contribution in [0.4, 0.5) is 17.1 Å². The van der Waals surface area contributed by atoms with Crippen LogP contribution in [0, 0.1) is 0 Å². The van der Waals surface area contributed by atoms with Gasteiger partial charge in [0.2, 0.25) is 0 Å². The van der Waals surface area contributed by atoms with Crippen LogP contribution >= 0.6 is 0 Å². The lowest BCUT2D eigenvalue weighted by Crippen LogP contribution is -2.11. The Morgan fingerprint density at radius 2 is 1.02 bits per heavy atom. The van der Waals surface area contributed by atoms with Crippen molar-refractivity contribution in [3.63, 3.8) is 0 Å². The second kappa shape index (κ2) is 11.8. The van der Waals surface area contributed by atoms with Gasteiger partial charge in [-0.1, -0.05) is 140 Å². The summed E-state index contributed by atoms with van der Waals surface area (Å²) < 4.78 is 6.26. The molecule has 226 valence electrons. The number of hydrogen-bond acceptors (Lipinski definition) is 2. The van der Waals surface area contributed by atoms with E-state index in [1.807, 2.05) is 12.1 Å². The zero-order valence-corrected chi connectivity index (χ0v) is 26.3. The van der Waals surface area contributed by atoms with Gasteiger partial charge in [-0.2, -0.15) is 0 Å². The predicted molar refractivity (Wildman–Crippen MR) is 202 cm³/mol. The normalized spacial score (nSPS) is 11.3. The maximum atomic E-state index is 6.26. The molecule has 2 heteroatoms. The van der Waals surface area contributed by atoms with E-state index in [9.17, 15) is 0 Å². The number of hydrogen-bond donors (Lipinski definition) is 0. The molecule has 9 rings (SSSR count). The highest BCUT2D eigenvalue weighted by Gasteiger charge is 2.19. The summed E-state index contributed by atoms with van der Waals surface area (Å²) in [5, 5.41) is 4.76. The van der Waals surface area contributed by atoms with Crippen molar-refractivity contribution in [1.82, 2.24) is 0 Å². The molecular weight excluding hydrogens is 583 g/mol. The van der Waals surface area contributed by atoms with Crippen LogP contribution in [0.3, 0.4) is 0 Å². The standard InChI is InChI=1S/C46H31NO/c1-2-13-34(14-3-1)40-18-6-8-21-43(40)47(38-28-26-33(27-29-38)36-25-24-32-12-4-5-15-35(32)30-36)39-17-10-16-37(31-39)41-20-11-23-45-46(41)42-19-7-9-22-44(42)48-45/h1-31H. The second-order valence-electron chi connectivity index (χ2n) is 12.2. The Morgan fingerprint density at radius 3 is 1.92 bits per heavy atom. The second-order valence-corrected chi connectivity index (χ2v) is 12.2. The SMILES string of the molecule is c1ccc(-c2ccccc2N(c2ccc(-c3ccc4ccccc4c3)cc2)c2cccc(-c3cccc4oc5ccccc5c34)c2)cc1. The summed E-state index contributed by atoms with van der Waals surface area (Å²) in [6.45, 7) is 0. The molecule has 0 unspecified atom stereocenters. The molecule has 0 radical (unpaired) electrons. The third kappa shape index (κ3) is 4.92. The molecule has 0 saturated heterocycles. The van der Waals surface area contributed by atoms with Gasteiger partial charge in [-0.05, 0) is 87.1 Å². The average molecular weight is 614 g/mol. The quantitative estimate of drug-likeness (QED) is 0.185. The molecule has 8 aromatic carbocycles. The molecule has 1 aromatic heterocycles. The average Bonchev–Trinajstić information content (AvgIpc) is 3.55.